The number of benzene rings is 1. The molecule has 1 amide bonds. The summed E-state index contributed by atoms with van der Waals surface area (Å²) >= 11 is 6.21. The molecule has 0 aliphatic carbocycles. The van der Waals surface area contributed by atoms with Crippen LogP contribution in [-0.4, -0.2) is 39.1 Å². The highest BCUT2D eigenvalue weighted by molar-refractivity contribution is 6.31. The maximum Gasteiger partial charge on any atom is 0.231 e. The second kappa shape index (κ2) is 7.33. The van der Waals surface area contributed by atoms with Gasteiger partial charge in [0.1, 0.15) is 5.75 Å². The Morgan fingerprint density at radius 2 is 2.00 bits per heavy atom. The van der Waals surface area contributed by atoms with Crippen molar-refractivity contribution >= 4 is 29.0 Å². The summed E-state index contributed by atoms with van der Waals surface area (Å²) in [5.41, 5.74) is 1.52. The topological polar surface area (TPSA) is 45.7 Å². The van der Waals surface area contributed by atoms with Crippen LogP contribution in [-0.2, 0) is 11.2 Å². The van der Waals surface area contributed by atoms with Crippen LogP contribution in [0.25, 0.3) is 0 Å². The highest BCUT2D eigenvalue weighted by Crippen LogP contribution is 2.27. The fraction of sp³-hybridized carbons (Fsp3) is 0.294. The Balaban J connectivity index is 2.21. The number of carbonyl (C=O) groups excluding carboxylic acids is 1. The highest BCUT2D eigenvalue weighted by Gasteiger charge is 2.18. The standard InChI is InChI=1S/C17H20ClN3O2/c1-20(2)17-15(6-5-9-19-17)21(3)16(22)10-12-7-8-13(23-4)11-14(12)18/h5-9,11H,10H2,1-4H3. The molecular weight excluding hydrogens is 314 g/mol. The van der Waals surface area contributed by atoms with Crippen LogP contribution in [0.3, 0.4) is 0 Å². The molecule has 0 saturated heterocycles. The second-order valence-electron chi connectivity index (χ2n) is 5.33. The fourth-order valence-corrected chi connectivity index (χ4v) is 2.45. The maximum atomic E-state index is 12.6. The summed E-state index contributed by atoms with van der Waals surface area (Å²) in [6.45, 7) is 0. The molecule has 1 aromatic carbocycles. The van der Waals surface area contributed by atoms with E-state index in [1.54, 1.807) is 37.4 Å². The molecule has 2 rings (SSSR count). The van der Waals surface area contributed by atoms with Gasteiger partial charge in [-0.05, 0) is 29.8 Å². The first-order valence-electron chi connectivity index (χ1n) is 7.15. The number of carbonyl (C=O) groups is 1. The van der Waals surface area contributed by atoms with Gasteiger partial charge in [0.15, 0.2) is 5.82 Å². The Hall–Kier alpha value is -2.27. The molecule has 0 unspecified atom stereocenters. The molecule has 0 aliphatic heterocycles. The van der Waals surface area contributed by atoms with Gasteiger partial charge in [-0.2, -0.15) is 0 Å². The summed E-state index contributed by atoms with van der Waals surface area (Å²) in [6, 6.07) is 8.99. The van der Waals surface area contributed by atoms with E-state index in [0.29, 0.717) is 10.8 Å². The van der Waals surface area contributed by atoms with Gasteiger partial charge in [-0.3, -0.25) is 4.79 Å². The largest absolute Gasteiger partial charge is 0.497 e. The van der Waals surface area contributed by atoms with E-state index in [0.717, 1.165) is 17.1 Å². The third kappa shape index (κ3) is 3.93. The zero-order valence-corrected chi connectivity index (χ0v) is 14.5. The van der Waals surface area contributed by atoms with E-state index in [2.05, 4.69) is 4.98 Å². The van der Waals surface area contributed by atoms with Gasteiger partial charge in [0, 0.05) is 32.4 Å². The highest BCUT2D eigenvalue weighted by atomic mass is 35.5. The first-order valence-corrected chi connectivity index (χ1v) is 7.53. The Morgan fingerprint density at radius 3 is 2.61 bits per heavy atom. The summed E-state index contributed by atoms with van der Waals surface area (Å²) in [5, 5.41) is 0.519. The van der Waals surface area contributed by atoms with Gasteiger partial charge in [-0.1, -0.05) is 17.7 Å². The van der Waals surface area contributed by atoms with E-state index in [1.165, 1.54) is 0 Å². The molecular formula is C17H20ClN3O2. The molecule has 0 aliphatic rings. The Labute approximate surface area is 141 Å². The zero-order chi connectivity index (χ0) is 17.0. The normalized spacial score (nSPS) is 10.3. The van der Waals surface area contributed by atoms with Crippen LogP contribution in [0.1, 0.15) is 5.56 Å². The lowest BCUT2D eigenvalue weighted by atomic mass is 10.1. The molecule has 1 heterocycles. The van der Waals surface area contributed by atoms with Gasteiger partial charge in [-0.25, -0.2) is 4.98 Å². The number of rotatable bonds is 5. The molecule has 5 nitrogen and oxygen atoms in total. The Morgan fingerprint density at radius 1 is 1.26 bits per heavy atom. The van der Waals surface area contributed by atoms with Crippen LogP contribution in [0, 0.1) is 0 Å². The van der Waals surface area contributed by atoms with Gasteiger partial charge in [0.25, 0.3) is 0 Å². The van der Waals surface area contributed by atoms with E-state index in [9.17, 15) is 4.79 Å². The van der Waals surface area contributed by atoms with Crippen LogP contribution in [0.5, 0.6) is 5.75 Å². The van der Waals surface area contributed by atoms with Crippen LogP contribution in [0.2, 0.25) is 5.02 Å². The van der Waals surface area contributed by atoms with E-state index in [-0.39, 0.29) is 12.3 Å². The number of halogens is 1. The fourth-order valence-electron chi connectivity index (χ4n) is 2.21. The quantitative estimate of drug-likeness (QED) is 0.843. The molecule has 0 saturated carbocycles. The summed E-state index contributed by atoms with van der Waals surface area (Å²) in [6.07, 6.45) is 1.92. The average Bonchev–Trinajstić information content (AvgIpc) is 2.55. The minimum Gasteiger partial charge on any atom is -0.497 e. The summed E-state index contributed by atoms with van der Waals surface area (Å²) in [4.78, 5) is 20.4. The van der Waals surface area contributed by atoms with Crippen molar-refractivity contribution in [1.29, 1.82) is 0 Å². The third-order valence-electron chi connectivity index (χ3n) is 3.53. The van der Waals surface area contributed by atoms with Crippen molar-refractivity contribution < 1.29 is 9.53 Å². The Kier molecular flexibility index (Phi) is 5.45. The van der Waals surface area contributed by atoms with Crippen molar-refractivity contribution in [2.24, 2.45) is 0 Å². The van der Waals surface area contributed by atoms with Crippen LogP contribution in [0.4, 0.5) is 11.5 Å². The van der Waals surface area contributed by atoms with Gasteiger partial charge < -0.3 is 14.5 Å². The van der Waals surface area contributed by atoms with Crippen molar-refractivity contribution in [1.82, 2.24) is 4.98 Å². The van der Waals surface area contributed by atoms with Crippen molar-refractivity contribution in [2.75, 3.05) is 38.1 Å². The second-order valence-corrected chi connectivity index (χ2v) is 5.73. The zero-order valence-electron chi connectivity index (χ0n) is 13.7. The van der Waals surface area contributed by atoms with Crippen LogP contribution in [0.15, 0.2) is 36.5 Å². The van der Waals surface area contributed by atoms with Gasteiger partial charge in [0.05, 0.1) is 19.2 Å². The first-order chi connectivity index (χ1) is 10.9. The number of anilines is 2. The molecule has 1 aromatic heterocycles. The third-order valence-corrected chi connectivity index (χ3v) is 3.88. The average molecular weight is 334 g/mol. The van der Waals surface area contributed by atoms with Crippen molar-refractivity contribution in [2.45, 2.75) is 6.42 Å². The van der Waals surface area contributed by atoms with Crippen molar-refractivity contribution in [3.63, 3.8) is 0 Å². The summed E-state index contributed by atoms with van der Waals surface area (Å²) < 4.78 is 5.12. The SMILES string of the molecule is COc1ccc(CC(=O)N(C)c2cccnc2N(C)C)c(Cl)c1. The number of hydrogen-bond donors (Lipinski definition) is 0. The maximum absolute atomic E-state index is 12.6. The molecule has 0 fully saturated rings. The number of methoxy groups -OCH3 is 1. The van der Waals surface area contributed by atoms with Gasteiger partial charge in [0.2, 0.25) is 5.91 Å². The molecule has 2 aromatic rings. The number of amides is 1. The predicted molar refractivity (Wildman–Crippen MR) is 93.7 cm³/mol. The van der Waals surface area contributed by atoms with E-state index in [1.807, 2.05) is 37.2 Å². The number of nitrogens with zero attached hydrogens (tertiary/aromatic N) is 3. The number of aromatic nitrogens is 1. The summed E-state index contributed by atoms with van der Waals surface area (Å²) in [7, 11) is 7.11. The van der Waals surface area contributed by atoms with E-state index < -0.39 is 0 Å². The minimum absolute atomic E-state index is 0.0619. The molecule has 122 valence electrons. The molecule has 23 heavy (non-hydrogen) atoms. The predicted octanol–water partition coefficient (Wildman–Crippen LogP) is 3.02. The molecule has 0 atom stereocenters. The van der Waals surface area contributed by atoms with Crippen LogP contribution >= 0.6 is 11.6 Å². The molecule has 6 heteroatoms. The lowest BCUT2D eigenvalue weighted by Crippen LogP contribution is -2.30. The lowest BCUT2D eigenvalue weighted by molar-refractivity contribution is -0.117. The van der Waals surface area contributed by atoms with Crippen molar-refractivity contribution in [3.8, 4) is 5.75 Å². The molecule has 0 radical (unpaired) electrons. The molecule has 0 bridgehead atoms. The Bertz CT molecular complexity index is 704. The summed E-state index contributed by atoms with van der Waals surface area (Å²) in [5.74, 6) is 1.35. The monoisotopic (exact) mass is 333 g/mol. The van der Waals surface area contributed by atoms with Gasteiger partial charge >= 0.3 is 0 Å². The van der Waals surface area contributed by atoms with E-state index >= 15 is 0 Å². The number of hydrogen-bond acceptors (Lipinski definition) is 4. The minimum atomic E-state index is -0.0619. The van der Waals surface area contributed by atoms with Gasteiger partial charge in [-0.15, -0.1) is 0 Å². The van der Waals surface area contributed by atoms with Crippen molar-refractivity contribution in [3.05, 3.63) is 47.1 Å². The molecule has 0 spiro atoms. The van der Waals surface area contributed by atoms with E-state index in [4.69, 9.17) is 16.3 Å². The number of ether oxygens (including phenoxy) is 1. The number of pyridine rings is 1. The number of likely N-dealkylation sites (N-methyl/N-ethyl adjacent to an activating group) is 1. The lowest BCUT2D eigenvalue weighted by Gasteiger charge is -2.23. The molecule has 0 N–H and O–H groups in total. The first kappa shape index (κ1) is 17.1. The van der Waals surface area contributed by atoms with Crippen LogP contribution < -0.4 is 14.5 Å². The smallest absolute Gasteiger partial charge is 0.231 e.